The molecule has 1 aliphatic carbocycles. The van der Waals surface area contributed by atoms with Crippen LogP contribution in [0.2, 0.25) is 0 Å². The van der Waals surface area contributed by atoms with Crippen LogP contribution in [0, 0.1) is 11.8 Å². The Kier molecular flexibility index (Phi) is 9.60. The highest BCUT2D eigenvalue weighted by molar-refractivity contribution is 7.74. The Morgan fingerprint density at radius 1 is 0.675 bits per heavy atom. The highest BCUT2D eigenvalue weighted by Crippen LogP contribution is 2.57. The second-order valence-corrected chi connectivity index (χ2v) is 15.8. The largest absolute Gasteiger partial charge is 0.351 e. The van der Waals surface area contributed by atoms with E-state index in [9.17, 15) is 0 Å². The van der Waals surface area contributed by atoms with E-state index >= 15 is 0 Å². The highest BCUT2D eigenvalue weighted by atomic mass is 31.1. The van der Waals surface area contributed by atoms with Gasteiger partial charge in [-0.2, -0.15) is 0 Å². The zero-order valence-electron chi connectivity index (χ0n) is 22.9. The van der Waals surface area contributed by atoms with Crippen LogP contribution in [-0.2, 0) is 9.47 Å². The monoisotopic (exact) mass is 566 g/mol. The van der Waals surface area contributed by atoms with Crippen LogP contribution in [0.15, 0.2) is 121 Å². The van der Waals surface area contributed by atoms with Gasteiger partial charge >= 0.3 is 0 Å². The Bertz CT molecular complexity index is 1240. The lowest BCUT2D eigenvalue weighted by Gasteiger charge is -2.34. The van der Waals surface area contributed by atoms with Crippen LogP contribution in [0.1, 0.15) is 26.7 Å². The maximum atomic E-state index is 6.79. The van der Waals surface area contributed by atoms with Crippen molar-refractivity contribution in [3.8, 4) is 0 Å². The SMILES string of the molecule is B.CC1(C)OCCC2C(CC(P(c3ccccc3)c3ccccc3)[C@@H]2CP(c2ccccc2)c2ccccc2)O1. The summed E-state index contributed by atoms with van der Waals surface area (Å²) < 4.78 is 13.0. The summed E-state index contributed by atoms with van der Waals surface area (Å²) >= 11 is 0. The molecular formula is C35H41BO2P2. The summed E-state index contributed by atoms with van der Waals surface area (Å²) in [5.74, 6) is 0.502. The van der Waals surface area contributed by atoms with Crippen molar-refractivity contribution in [1.29, 1.82) is 0 Å². The van der Waals surface area contributed by atoms with Crippen LogP contribution in [-0.4, -0.2) is 38.7 Å². The minimum atomic E-state index is -0.547. The fraction of sp³-hybridized carbons (Fsp3) is 0.314. The van der Waals surface area contributed by atoms with Crippen molar-refractivity contribution in [2.75, 3.05) is 12.8 Å². The first-order valence-corrected chi connectivity index (χ1v) is 17.1. The number of benzene rings is 4. The van der Waals surface area contributed by atoms with Crippen molar-refractivity contribution in [3.63, 3.8) is 0 Å². The van der Waals surface area contributed by atoms with Gasteiger partial charge in [0.1, 0.15) is 0 Å². The zero-order chi connectivity index (χ0) is 26.7. The lowest BCUT2D eigenvalue weighted by Crippen LogP contribution is -2.32. The molecule has 2 nitrogen and oxygen atoms in total. The third-order valence-corrected chi connectivity index (χ3v) is 13.9. The molecule has 2 fully saturated rings. The molecule has 0 N–H and O–H groups in total. The zero-order valence-corrected chi connectivity index (χ0v) is 24.7. The fourth-order valence-electron chi connectivity index (χ4n) is 6.57. The Morgan fingerprint density at radius 3 is 1.60 bits per heavy atom. The van der Waals surface area contributed by atoms with E-state index in [2.05, 4.69) is 135 Å². The lowest BCUT2D eigenvalue weighted by atomic mass is 9.93. The van der Waals surface area contributed by atoms with Gasteiger partial charge in [-0.1, -0.05) is 121 Å². The first kappa shape index (κ1) is 29.2. The molecule has 0 amide bonds. The number of rotatable bonds is 7. The third kappa shape index (κ3) is 6.45. The predicted molar refractivity (Wildman–Crippen MR) is 178 cm³/mol. The van der Waals surface area contributed by atoms with E-state index in [-0.39, 0.29) is 14.5 Å². The molecule has 4 aromatic rings. The minimum Gasteiger partial charge on any atom is -0.351 e. The van der Waals surface area contributed by atoms with Crippen molar-refractivity contribution in [3.05, 3.63) is 121 Å². The summed E-state index contributed by atoms with van der Waals surface area (Å²) in [5, 5.41) is 5.89. The van der Waals surface area contributed by atoms with Crippen molar-refractivity contribution in [1.82, 2.24) is 0 Å². The van der Waals surface area contributed by atoms with Crippen LogP contribution in [0.5, 0.6) is 0 Å². The topological polar surface area (TPSA) is 18.5 Å². The molecule has 4 atom stereocenters. The molecule has 206 valence electrons. The molecule has 1 aliphatic heterocycles. The van der Waals surface area contributed by atoms with E-state index in [1.807, 2.05) is 0 Å². The predicted octanol–water partition coefficient (Wildman–Crippen LogP) is 5.61. The van der Waals surface area contributed by atoms with Crippen LogP contribution in [0.4, 0.5) is 0 Å². The Balaban J connectivity index is 0.00000323. The third-order valence-electron chi connectivity index (χ3n) is 8.26. The molecule has 0 spiro atoms. The van der Waals surface area contributed by atoms with Gasteiger partial charge < -0.3 is 9.47 Å². The molecule has 1 heterocycles. The quantitative estimate of drug-likeness (QED) is 0.214. The van der Waals surface area contributed by atoms with Gasteiger partial charge in [0.2, 0.25) is 0 Å². The summed E-state index contributed by atoms with van der Waals surface area (Å²) in [6, 6.07) is 45.0. The van der Waals surface area contributed by atoms with Gasteiger partial charge in [0, 0.05) is 0 Å². The summed E-state index contributed by atoms with van der Waals surface area (Å²) in [7, 11) is -1.05. The van der Waals surface area contributed by atoms with Gasteiger partial charge in [-0.05, 0) is 87.4 Å². The van der Waals surface area contributed by atoms with E-state index in [1.54, 1.807) is 0 Å². The molecule has 0 aromatic heterocycles. The van der Waals surface area contributed by atoms with Gasteiger partial charge in [-0.25, -0.2) is 0 Å². The summed E-state index contributed by atoms with van der Waals surface area (Å²) in [4.78, 5) is 0. The van der Waals surface area contributed by atoms with Crippen LogP contribution >= 0.6 is 15.8 Å². The smallest absolute Gasteiger partial charge is 0.163 e. The molecule has 3 unspecified atom stereocenters. The first-order valence-electron chi connectivity index (χ1n) is 14.2. The maximum absolute atomic E-state index is 6.79. The number of hydrogen-bond acceptors (Lipinski definition) is 2. The molecular weight excluding hydrogens is 525 g/mol. The summed E-state index contributed by atoms with van der Waals surface area (Å²) in [6.07, 6.45) is 3.55. The standard InChI is InChI=1S/C35H38O2P2.BH3/c1-35(2)36-24-23-31-32(26-38(27-15-7-3-8-16-27)28-17-9-4-10-18-28)34(25-33(31)37-35)39(29-19-11-5-12-20-29)30-21-13-6-14-22-30;/h3-22,31-34H,23-26H2,1-2H3;1H3/t31?,32-,33?,34?;/m1./s1. The molecule has 1 saturated heterocycles. The molecule has 0 radical (unpaired) electrons. The molecule has 6 rings (SSSR count). The number of ether oxygens (including phenoxy) is 2. The van der Waals surface area contributed by atoms with Crippen molar-refractivity contribution >= 4 is 45.5 Å². The van der Waals surface area contributed by atoms with Crippen LogP contribution < -0.4 is 21.2 Å². The minimum absolute atomic E-state index is 0. The fourth-order valence-corrected chi connectivity index (χ4v) is 12.6. The molecule has 2 aliphatic rings. The van der Waals surface area contributed by atoms with Crippen LogP contribution in [0.3, 0.4) is 0 Å². The van der Waals surface area contributed by atoms with Gasteiger partial charge in [0.15, 0.2) is 5.79 Å². The molecule has 4 aromatic carbocycles. The van der Waals surface area contributed by atoms with Crippen molar-refractivity contribution in [2.45, 2.75) is 44.2 Å². The molecule has 0 bridgehead atoms. The first-order chi connectivity index (χ1) is 19.1. The lowest BCUT2D eigenvalue weighted by molar-refractivity contribution is -0.224. The van der Waals surface area contributed by atoms with E-state index < -0.39 is 21.6 Å². The van der Waals surface area contributed by atoms with E-state index in [1.165, 1.54) is 27.4 Å². The Morgan fingerprint density at radius 2 is 1.12 bits per heavy atom. The van der Waals surface area contributed by atoms with E-state index in [0.717, 1.165) is 19.4 Å². The number of hydrogen-bond donors (Lipinski definition) is 0. The molecule has 5 heteroatoms. The summed E-state index contributed by atoms with van der Waals surface area (Å²) in [6.45, 7) is 4.95. The van der Waals surface area contributed by atoms with Crippen molar-refractivity contribution < 1.29 is 9.47 Å². The van der Waals surface area contributed by atoms with Crippen LogP contribution in [0.25, 0.3) is 0 Å². The van der Waals surface area contributed by atoms with E-state index in [0.29, 0.717) is 17.5 Å². The molecule has 40 heavy (non-hydrogen) atoms. The number of fused-ring (bicyclic) bond motifs is 1. The van der Waals surface area contributed by atoms with Gasteiger partial charge in [-0.15, -0.1) is 0 Å². The Hall–Kier alpha value is -2.28. The molecule has 1 saturated carbocycles. The van der Waals surface area contributed by atoms with Gasteiger partial charge in [0.05, 0.1) is 21.1 Å². The second kappa shape index (κ2) is 13.1. The average Bonchev–Trinajstić information content (AvgIpc) is 3.19. The maximum Gasteiger partial charge on any atom is 0.163 e. The average molecular weight is 566 g/mol. The normalized spacial score (nSPS) is 23.8. The van der Waals surface area contributed by atoms with Gasteiger partial charge in [-0.3, -0.25) is 0 Å². The summed E-state index contributed by atoms with van der Waals surface area (Å²) in [5.41, 5.74) is 0.547. The Labute approximate surface area is 244 Å². The second-order valence-electron chi connectivity index (χ2n) is 11.1. The van der Waals surface area contributed by atoms with E-state index in [4.69, 9.17) is 9.47 Å². The van der Waals surface area contributed by atoms with Crippen molar-refractivity contribution in [2.24, 2.45) is 11.8 Å². The van der Waals surface area contributed by atoms with Gasteiger partial charge in [0.25, 0.3) is 0 Å². The highest BCUT2D eigenvalue weighted by Gasteiger charge is 2.50.